The maximum atomic E-state index is 10.5. The molecule has 0 radical (unpaired) electrons. The van der Waals surface area contributed by atoms with Crippen molar-refractivity contribution in [3.05, 3.63) is 90.4 Å². The first-order valence-electron chi connectivity index (χ1n) is 13.5. The van der Waals surface area contributed by atoms with E-state index in [1.807, 2.05) is 54.9 Å². The maximum Gasteiger partial charge on any atom is 0.153 e. The lowest BCUT2D eigenvalue weighted by Gasteiger charge is -2.39. The van der Waals surface area contributed by atoms with Crippen molar-refractivity contribution in [2.75, 3.05) is 6.54 Å². The number of rotatable bonds is 6. The number of furan rings is 1. The van der Waals surface area contributed by atoms with Crippen LogP contribution in [0.4, 0.5) is 5.82 Å². The van der Waals surface area contributed by atoms with Gasteiger partial charge in [-0.3, -0.25) is 0 Å². The zero-order valence-corrected chi connectivity index (χ0v) is 22.4. The van der Waals surface area contributed by atoms with Crippen molar-refractivity contribution in [3.8, 4) is 28.5 Å². The van der Waals surface area contributed by atoms with Crippen LogP contribution in [0.25, 0.3) is 22.4 Å². The Hall–Kier alpha value is -4.04. The lowest BCUT2D eigenvalue weighted by Crippen LogP contribution is -2.34. The molecule has 2 aromatic heterocycles. The van der Waals surface area contributed by atoms with Crippen molar-refractivity contribution >= 4 is 12.2 Å². The Labute approximate surface area is 225 Å². The zero-order chi connectivity index (χ0) is 26.3. The van der Waals surface area contributed by atoms with Crippen molar-refractivity contribution in [3.63, 3.8) is 0 Å². The molecule has 1 saturated carbocycles. The molecule has 1 aliphatic heterocycles. The van der Waals surface area contributed by atoms with Crippen LogP contribution in [-0.4, -0.2) is 28.4 Å². The maximum absolute atomic E-state index is 10.5. The number of hydrogen-bond donors (Lipinski definition) is 0. The second-order valence-electron chi connectivity index (χ2n) is 12.1. The number of nitrogens with zero attached hydrogens (tertiary/aromatic N) is 4. The Kier molecular flexibility index (Phi) is 5.99. The predicted molar refractivity (Wildman–Crippen MR) is 152 cm³/mol. The van der Waals surface area contributed by atoms with Crippen LogP contribution in [0, 0.1) is 22.2 Å². The summed E-state index contributed by atoms with van der Waals surface area (Å²) in [5, 5.41) is 10.5. The van der Waals surface area contributed by atoms with Crippen LogP contribution >= 0.6 is 0 Å². The Balaban J connectivity index is 1.53. The van der Waals surface area contributed by atoms with Crippen LogP contribution in [0.2, 0.25) is 0 Å². The highest BCUT2D eigenvalue weighted by Crippen LogP contribution is 2.52. The molecule has 2 bridgehead atoms. The van der Waals surface area contributed by atoms with Gasteiger partial charge in [-0.05, 0) is 53.4 Å². The van der Waals surface area contributed by atoms with E-state index in [0.29, 0.717) is 34.8 Å². The SMILES string of the molecule is CC1(C)CC2CC(C)(CN2/C=N/c2c(C#N)c(-c3ccccc3)c(-c3ccccc3)n2Cc2ccco2)C1. The van der Waals surface area contributed by atoms with E-state index in [0.717, 1.165) is 41.1 Å². The van der Waals surface area contributed by atoms with Gasteiger partial charge in [0.2, 0.25) is 0 Å². The summed E-state index contributed by atoms with van der Waals surface area (Å²) in [5.74, 6) is 1.50. The van der Waals surface area contributed by atoms with Gasteiger partial charge in [0, 0.05) is 18.2 Å². The third-order valence-electron chi connectivity index (χ3n) is 8.14. The fraction of sp³-hybridized carbons (Fsp3) is 0.333. The molecule has 2 unspecified atom stereocenters. The van der Waals surface area contributed by atoms with Crippen LogP contribution in [-0.2, 0) is 6.54 Å². The molecular weight excluding hydrogens is 468 g/mol. The quantitative estimate of drug-likeness (QED) is 0.199. The largest absolute Gasteiger partial charge is 0.467 e. The lowest BCUT2D eigenvalue weighted by atomic mass is 9.65. The minimum absolute atomic E-state index is 0.303. The van der Waals surface area contributed by atoms with Gasteiger partial charge in [-0.15, -0.1) is 0 Å². The molecule has 3 heterocycles. The molecule has 5 heteroatoms. The summed E-state index contributed by atoms with van der Waals surface area (Å²) in [5.41, 5.74) is 5.16. The summed E-state index contributed by atoms with van der Waals surface area (Å²) in [4.78, 5) is 7.53. The van der Waals surface area contributed by atoms with E-state index >= 15 is 0 Å². The number of aromatic nitrogens is 1. The third kappa shape index (κ3) is 4.45. The lowest BCUT2D eigenvalue weighted by molar-refractivity contribution is 0.133. The second-order valence-corrected chi connectivity index (χ2v) is 12.1. The molecule has 5 nitrogen and oxygen atoms in total. The molecule has 2 aromatic carbocycles. The number of hydrogen-bond acceptors (Lipinski definition) is 3. The van der Waals surface area contributed by atoms with Crippen LogP contribution in [0.1, 0.15) is 51.4 Å². The highest BCUT2D eigenvalue weighted by Gasteiger charge is 2.49. The van der Waals surface area contributed by atoms with Crippen molar-refractivity contribution in [2.24, 2.45) is 15.8 Å². The van der Waals surface area contributed by atoms with Gasteiger partial charge in [0.1, 0.15) is 17.4 Å². The van der Waals surface area contributed by atoms with Gasteiger partial charge in [0.15, 0.2) is 5.82 Å². The first kappa shape index (κ1) is 24.3. The van der Waals surface area contributed by atoms with Gasteiger partial charge in [0.25, 0.3) is 0 Å². The molecule has 2 aliphatic rings. The number of fused-ring (bicyclic) bond motifs is 2. The Morgan fingerprint density at radius 2 is 1.68 bits per heavy atom. The minimum atomic E-state index is 0.303. The molecule has 38 heavy (non-hydrogen) atoms. The first-order valence-corrected chi connectivity index (χ1v) is 13.5. The summed E-state index contributed by atoms with van der Waals surface area (Å²) < 4.78 is 7.93. The summed E-state index contributed by atoms with van der Waals surface area (Å²) in [6.45, 7) is 8.68. The molecule has 192 valence electrons. The molecule has 1 saturated heterocycles. The summed E-state index contributed by atoms with van der Waals surface area (Å²) >= 11 is 0. The van der Waals surface area contributed by atoms with Gasteiger partial charge in [-0.2, -0.15) is 5.26 Å². The molecule has 0 amide bonds. The topological polar surface area (TPSA) is 57.5 Å². The molecule has 0 N–H and O–H groups in total. The second kappa shape index (κ2) is 9.36. The van der Waals surface area contributed by atoms with E-state index in [-0.39, 0.29) is 0 Å². The Bertz CT molecular complexity index is 1490. The van der Waals surface area contributed by atoms with Crippen LogP contribution < -0.4 is 0 Å². The average Bonchev–Trinajstić information content (AvgIpc) is 3.58. The number of likely N-dealkylation sites (tertiary alicyclic amines) is 1. The number of benzene rings is 2. The van der Waals surface area contributed by atoms with Crippen molar-refractivity contribution in [1.82, 2.24) is 9.47 Å². The smallest absolute Gasteiger partial charge is 0.153 e. The number of nitriles is 1. The standard InChI is InChI=1S/C33H34N4O/c1-32(2)17-26-18-33(3,21-32)22-36(26)23-35-31-28(19-34)29(24-11-6-4-7-12-24)30(25-13-8-5-9-14-25)37(31)20-27-15-10-16-38-27/h4-16,23,26H,17-18,20-22H2,1-3H3/b35-23+. The van der Waals surface area contributed by atoms with Gasteiger partial charge in [-0.1, -0.05) is 81.4 Å². The van der Waals surface area contributed by atoms with Crippen molar-refractivity contribution in [1.29, 1.82) is 5.26 Å². The summed E-state index contributed by atoms with van der Waals surface area (Å²) in [6.07, 6.45) is 7.30. The van der Waals surface area contributed by atoms with Gasteiger partial charge in [0.05, 0.1) is 24.8 Å². The summed E-state index contributed by atoms with van der Waals surface area (Å²) in [7, 11) is 0. The van der Waals surface area contributed by atoms with E-state index in [1.165, 1.54) is 12.8 Å². The monoisotopic (exact) mass is 502 g/mol. The normalized spacial score (nSPS) is 22.2. The van der Waals surface area contributed by atoms with E-state index in [4.69, 9.17) is 9.41 Å². The molecule has 2 fully saturated rings. The van der Waals surface area contributed by atoms with E-state index in [9.17, 15) is 5.26 Å². The average molecular weight is 503 g/mol. The summed E-state index contributed by atoms with van der Waals surface area (Å²) in [6, 6.07) is 27.4. The fourth-order valence-corrected chi connectivity index (χ4v) is 7.11. The predicted octanol–water partition coefficient (Wildman–Crippen LogP) is 7.90. The van der Waals surface area contributed by atoms with Crippen LogP contribution in [0.5, 0.6) is 0 Å². The minimum Gasteiger partial charge on any atom is -0.467 e. The van der Waals surface area contributed by atoms with Crippen LogP contribution in [0.3, 0.4) is 0 Å². The fourth-order valence-electron chi connectivity index (χ4n) is 7.11. The van der Waals surface area contributed by atoms with Gasteiger partial charge >= 0.3 is 0 Å². The number of aliphatic imine (C=N–C) groups is 1. The van der Waals surface area contributed by atoms with E-state index in [1.54, 1.807) is 6.26 Å². The Morgan fingerprint density at radius 3 is 2.34 bits per heavy atom. The van der Waals surface area contributed by atoms with Crippen LogP contribution in [0.15, 0.2) is 88.5 Å². The Morgan fingerprint density at radius 1 is 0.974 bits per heavy atom. The van der Waals surface area contributed by atoms with Gasteiger partial charge in [-0.25, -0.2) is 4.99 Å². The molecule has 2 atom stereocenters. The molecule has 1 aliphatic carbocycles. The zero-order valence-electron chi connectivity index (χ0n) is 22.4. The molecular formula is C33H34N4O. The molecule has 4 aromatic rings. The highest BCUT2D eigenvalue weighted by molar-refractivity contribution is 5.91. The highest BCUT2D eigenvalue weighted by atomic mass is 16.3. The molecule has 6 rings (SSSR count). The molecule has 0 spiro atoms. The van der Waals surface area contributed by atoms with E-state index in [2.05, 4.69) is 60.6 Å². The van der Waals surface area contributed by atoms with E-state index < -0.39 is 0 Å². The first-order chi connectivity index (χ1) is 18.4. The van der Waals surface area contributed by atoms with Crippen molar-refractivity contribution in [2.45, 2.75) is 52.6 Å². The van der Waals surface area contributed by atoms with Crippen molar-refractivity contribution < 1.29 is 4.42 Å². The third-order valence-corrected chi connectivity index (χ3v) is 8.14. The van der Waals surface area contributed by atoms with Gasteiger partial charge < -0.3 is 13.9 Å².